The maximum atomic E-state index is 12.9. The molecule has 3 rings (SSSR count). The molecule has 2 aliphatic rings. The van der Waals surface area contributed by atoms with Gasteiger partial charge in [-0.1, -0.05) is 24.3 Å². The van der Waals surface area contributed by atoms with E-state index in [2.05, 4.69) is 0 Å². The fourth-order valence-corrected chi connectivity index (χ4v) is 4.36. The number of carbonyl (C=O) groups is 3. The second kappa shape index (κ2) is 6.26. The molecule has 134 valence electrons. The van der Waals surface area contributed by atoms with E-state index in [1.807, 2.05) is 36.5 Å². The van der Waals surface area contributed by atoms with Crippen LogP contribution in [0.2, 0.25) is 0 Å². The number of rotatable bonds is 4. The van der Waals surface area contributed by atoms with Gasteiger partial charge in [0.2, 0.25) is 17.4 Å². The van der Waals surface area contributed by atoms with Gasteiger partial charge in [0.15, 0.2) is 0 Å². The summed E-state index contributed by atoms with van der Waals surface area (Å²) >= 11 is 0. The van der Waals surface area contributed by atoms with Crippen molar-refractivity contribution in [2.24, 2.45) is 11.8 Å². The van der Waals surface area contributed by atoms with E-state index in [1.165, 1.54) is 4.90 Å². The highest BCUT2D eigenvalue weighted by molar-refractivity contribution is 6.08. The van der Waals surface area contributed by atoms with Crippen LogP contribution in [-0.4, -0.2) is 41.4 Å². The molecule has 1 aromatic rings. The number of nitrogens with two attached hydrogens (primary N) is 1. The van der Waals surface area contributed by atoms with Crippen LogP contribution < -0.4 is 5.32 Å². The summed E-state index contributed by atoms with van der Waals surface area (Å²) in [6, 6.07) is 7.54. The SMILES string of the molecule is CCOC(=O)[C@]1(C)[NH2+][C@@H](c2ccccc2C)[C@H]2C(=O)N(CC)C(=O)[C@H]21. The van der Waals surface area contributed by atoms with Gasteiger partial charge in [0.05, 0.1) is 6.61 Å². The zero-order valence-electron chi connectivity index (χ0n) is 15.1. The molecule has 6 nitrogen and oxygen atoms in total. The maximum absolute atomic E-state index is 12.9. The summed E-state index contributed by atoms with van der Waals surface area (Å²) in [5.41, 5.74) is 0.944. The van der Waals surface area contributed by atoms with Gasteiger partial charge < -0.3 is 10.1 Å². The van der Waals surface area contributed by atoms with Crippen LogP contribution in [0.25, 0.3) is 0 Å². The zero-order valence-corrected chi connectivity index (χ0v) is 15.1. The van der Waals surface area contributed by atoms with Gasteiger partial charge in [-0.3, -0.25) is 14.5 Å². The van der Waals surface area contributed by atoms with Crippen LogP contribution >= 0.6 is 0 Å². The molecule has 0 radical (unpaired) electrons. The van der Waals surface area contributed by atoms with Gasteiger partial charge in [-0.05, 0) is 26.3 Å². The molecule has 2 aliphatic heterocycles. The van der Waals surface area contributed by atoms with Crippen LogP contribution in [0.15, 0.2) is 24.3 Å². The first-order valence-corrected chi connectivity index (χ1v) is 8.80. The highest BCUT2D eigenvalue weighted by atomic mass is 16.5. The Morgan fingerprint density at radius 2 is 1.92 bits per heavy atom. The number of carbonyl (C=O) groups excluding carboxylic acids is 3. The highest BCUT2D eigenvalue weighted by Gasteiger charge is 2.70. The molecule has 25 heavy (non-hydrogen) atoms. The summed E-state index contributed by atoms with van der Waals surface area (Å²) in [5, 5.41) is 1.87. The Bertz CT molecular complexity index is 732. The van der Waals surface area contributed by atoms with Gasteiger partial charge in [0, 0.05) is 19.0 Å². The quantitative estimate of drug-likeness (QED) is 0.639. The van der Waals surface area contributed by atoms with E-state index in [0.29, 0.717) is 6.54 Å². The Balaban J connectivity index is 2.11. The number of imide groups is 1. The summed E-state index contributed by atoms with van der Waals surface area (Å²) in [7, 11) is 0. The molecular weight excluding hydrogens is 320 g/mol. The number of ether oxygens (including phenoxy) is 1. The zero-order chi connectivity index (χ0) is 18.4. The number of benzene rings is 1. The lowest BCUT2D eigenvalue weighted by atomic mass is 9.80. The predicted octanol–water partition coefficient (Wildman–Crippen LogP) is 0.556. The number of likely N-dealkylation sites (tertiary alicyclic amines) is 1. The molecule has 2 N–H and O–H groups in total. The third kappa shape index (κ3) is 2.47. The average Bonchev–Trinajstić information content (AvgIpc) is 3.03. The van der Waals surface area contributed by atoms with Crippen molar-refractivity contribution < 1.29 is 24.4 Å². The Morgan fingerprint density at radius 1 is 1.24 bits per heavy atom. The van der Waals surface area contributed by atoms with Gasteiger partial charge in [-0.15, -0.1) is 0 Å². The Kier molecular flexibility index (Phi) is 4.41. The topological polar surface area (TPSA) is 80.3 Å². The van der Waals surface area contributed by atoms with E-state index in [9.17, 15) is 14.4 Å². The number of nitrogens with zero attached hydrogens (tertiary/aromatic N) is 1. The van der Waals surface area contributed by atoms with Crippen LogP contribution in [0.1, 0.15) is 37.9 Å². The van der Waals surface area contributed by atoms with E-state index in [0.717, 1.165) is 11.1 Å². The summed E-state index contributed by atoms with van der Waals surface area (Å²) < 4.78 is 5.25. The minimum Gasteiger partial charge on any atom is -0.461 e. The lowest BCUT2D eigenvalue weighted by Gasteiger charge is -2.26. The predicted molar refractivity (Wildman–Crippen MR) is 90.3 cm³/mol. The third-order valence-corrected chi connectivity index (χ3v) is 5.58. The lowest BCUT2D eigenvalue weighted by molar-refractivity contribution is -0.731. The van der Waals surface area contributed by atoms with Crippen molar-refractivity contribution in [3.63, 3.8) is 0 Å². The van der Waals surface area contributed by atoms with Crippen LogP contribution in [0.5, 0.6) is 0 Å². The van der Waals surface area contributed by atoms with Crippen LogP contribution in [-0.2, 0) is 19.1 Å². The fourth-order valence-electron chi connectivity index (χ4n) is 4.36. The first-order valence-electron chi connectivity index (χ1n) is 8.80. The van der Waals surface area contributed by atoms with Crippen LogP contribution in [0.4, 0.5) is 0 Å². The number of fused-ring (bicyclic) bond motifs is 1. The normalized spacial score (nSPS) is 31.4. The first kappa shape index (κ1) is 17.6. The number of amides is 2. The van der Waals surface area contributed by atoms with Crippen molar-refractivity contribution in [1.82, 2.24) is 4.90 Å². The van der Waals surface area contributed by atoms with Crippen molar-refractivity contribution >= 4 is 17.8 Å². The molecule has 4 atom stereocenters. The Hall–Kier alpha value is -2.21. The maximum Gasteiger partial charge on any atom is 0.368 e. The number of quaternary nitrogens is 1. The van der Waals surface area contributed by atoms with Crippen LogP contribution in [0, 0.1) is 18.8 Å². The van der Waals surface area contributed by atoms with Gasteiger partial charge in [-0.2, -0.15) is 0 Å². The van der Waals surface area contributed by atoms with E-state index in [-0.39, 0.29) is 24.5 Å². The largest absolute Gasteiger partial charge is 0.461 e. The molecule has 0 spiro atoms. The Labute approximate surface area is 147 Å². The van der Waals surface area contributed by atoms with Gasteiger partial charge in [0.1, 0.15) is 17.9 Å². The standard InChI is InChI=1S/C19H24N2O4/c1-5-21-16(22)13-14(17(21)23)19(4,18(24)25-6-2)20-15(13)12-10-8-7-9-11(12)3/h7-10,13-15,20H,5-6H2,1-4H3/p+1/t13-,14-,15-,19+/m0/s1. The molecule has 0 aromatic heterocycles. The summed E-state index contributed by atoms with van der Waals surface area (Å²) in [6.07, 6.45) is 0. The molecule has 2 heterocycles. The van der Waals surface area contributed by atoms with Crippen molar-refractivity contribution in [2.75, 3.05) is 13.2 Å². The van der Waals surface area contributed by atoms with Crippen molar-refractivity contribution in [3.05, 3.63) is 35.4 Å². The second-order valence-electron chi connectivity index (χ2n) is 6.98. The molecule has 2 amide bonds. The fraction of sp³-hybridized carbons (Fsp3) is 0.526. The van der Waals surface area contributed by atoms with E-state index in [4.69, 9.17) is 4.74 Å². The molecular formula is C19H25N2O4+. The van der Waals surface area contributed by atoms with E-state index < -0.39 is 23.3 Å². The number of esters is 1. The second-order valence-corrected chi connectivity index (χ2v) is 6.98. The van der Waals surface area contributed by atoms with Gasteiger partial charge in [0.25, 0.3) is 0 Å². The minimum absolute atomic E-state index is 0.185. The molecule has 0 bridgehead atoms. The summed E-state index contributed by atoms with van der Waals surface area (Å²) in [5.74, 6) is -2.11. The third-order valence-electron chi connectivity index (χ3n) is 5.58. The molecule has 2 saturated heterocycles. The molecule has 0 aliphatic carbocycles. The molecule has 2 fully saturated rings. The monoisotopic (exact) mass is 345 g/mol. The number of aryl methyl sites for hydroxylation is 1. The first-order chi connectivity index (χ1) is 11.9. The van der Waals surface area contributed by atoms with Crippen molar-refractivity contribution in [2.45, 2.75) is 39.3 Å². The Morgan fingerprint density at radius 3 is 2.52 bits per heavy atom. The number of hydrogen-bond donors (Lipinski definition) is 1. The molecule has 0 unspecified atom stereocenters. The lowest BCUT2D eigenvalue weighted by Crippen LogP contribution is -2.97. The van der Waals surface area contributed by atoms with E-state index >= 15 is 0 Å². The highest BCUT2D eigenvalue weighted by Crippen LogP contribution is 2.44. The molecule has 0 saturated carbocycles. The number of hydrogen-bond acceptors (Lipinski definition) is 4. The van der Waals surface area contributed by atoms with Crippen LogP contribution in [0.3, 0.4) is 0 Å². The molecule has 6 heteroatoms. The average molecular weight is 345 g/mol. The van der Waals surface area contributed by atoms with Gasteiger partial charge in [-0.25, -0.2) is 4.79 Å². The van der Waals surface area contributed by atoms with Crippen molar-refractivity contribution in [3.8, 4) is 0 Å². The van der Waals surface area contributed by atoms with E-state index in [1.54, 1.807) is 20.8 Å². The molecule has 1 aromatic carbocycles. The summed E-state index contributed by atoms with van der Waals surface area (Å²) in [4.78, 5) is 39.8. The summed E-state index contributed by atoms with van der Waals surface area (Å²) in [6.45, 7) is 7.80. The van der Waals surface area contributed by atoms with Crippen molar-refractivity contribution in [1.29, 1.82) is 0 Å². The minimum atomic E-state index is -1.09. The smallest absolute Gasteiger partial charge is 0.368 e. The van der Waals surface area contributed by atoms with Gasteiger partial charge >= 0.3 is 5.97 Å².